The number of aromatic nitrogens is 5. The molecule has 7 nitrogen and oxygen atoms in total. The number of rotatable bonds is 4. The van der Waals surface area contributed by atoms with Gasteiger partial charge in [-0.2, -0.15) is 0 Å². The Morgan fingerprint density at radius 1 is 1.09 bits per heavy atom. The van der Waals surface area contributed by atoms with Gasteiger partial charge in [-0.3, -0.25) is 4.79 Å². The lowest BCUT2D eigenvalue weighted by molar-refractivity contribution is -0.222. The van der Waals surface area contributed by atoms with Gasteiger partial charge < -0.3 is 9.30 Å². The summed E-state index contributed by atoms with van der Waals surface area (Å²) in [6.07, 6.45) is 2.14. The van der Waals surface area contributed by atoms with Gasteiger partial charge in [0.1, 0.15) is 11.3 Å². The predicted molar refractivity (Wildman–Crippen MR) is 121 cm³/mol. The van der Waals surface area contributed by atoms with Crippen molar-refractivity contribution in [2.45, 2.75) is 69.8 Å². The van der Waals surface area contributed by atoms with E-state index in [1.807, 2.05) is 26.1 Å². The molecule has 3 aliphatic carbocycles. The van der Waals surface area contributed by atoms with Crippen LogP contribution < -0.4 is 5.56 Å². The van der Waals surface area contributed by atoms with Crippen LogP contribution >= 0.6 is 0 Å². The molecular formula is C25H27F2N5O2. The molecule has 3 aromatic heterocycles. The summed E-state index contributed by atoms with van der Waals surface area (Å²) >= 11 is 0. The molecule has 1 aliphatic heterocycles. The van der Waals surface area contributed by atoms with Crippen LogP contribution in [-0.2, 0) is 17.2 Å². The van der Waals surface area contributed by atoms with Crippen molar-refractivity contribution in [2.24, 2.45) is 12.5 Å². The molecule has 34 heavy (non-hydrogen) atoms. The third kappa shape index (κ3) is 3.12. The Bertz CT molecular complexity index is 1350. The van der Waals surface area contributed by atoms with E-state index in [0.29, 0.717) is 49.3 Å². The molecular weight excluding hydrogens is 440 g/mol. The highest BCUT2D eigenvalue weighted by molar-refractivity contribution is 5.75. The van der Waals surface area contributed by atoms with Crippen LogP contribution in [-0.4, -0.2) is 37.5 Å². The van der Waals surface area contributed by atoms with Crippen LogP contribution in [0.15, 0.2) is 23.1 Å². The van der Waals surface area contributed by atoms with Crippen molar-refractivity contribution < 1.29 is 13.5 Å². The second kappa shape index (κ2) is 7.34. The van der Waals surface area contributed by atoms with Crippen LogP contribution in [0.2, 0.25) is 0 Å². The van der Waals surface area contributed by atoms with E-state index in [-0.39, 0.29) is 23.0 Å². The van der Waals surface area contributed by atoms with Gasteiger partial charge in [0.15, 0.2) is 5.65 Å². The fourth-order valence-corrected chi connectivity index (χ4v) is 6.10. The van der Waals surface area contributed by atoms with Gasteiger partial charge >= 0.3 is 0 Å². The molecule has 178 valence electrons. The van der Waals surface area contributed by atoms with Crippen LogP contribution in [0.25, 0.3) is 11.2 Å². The molecule has 3 saturated carbocycles. The Morgan fingerprint density at radius 3 is 2.53 bits per heavy atom. The highest BCUT2D eigenvalue weighted by atomic mass is 19.3. The minimum atomic E-state index is -2.30. The van der Waals surface area contributed by atoms with Gasteiger partial charge in [0.25, 0.3) is 0 Å². The second-order valence-electron chi connectivity index (χ2n) is 10.5. The van der Waals surface area contributed by atoms with Crippen LogP contribution in [0.3, 0.4) is 0 Å². The SMILES string of the molecule is Cc1nc2nc([C@H]3CCO[C@@H](c4ccc(=O)n(C)c4)C3)nc(C34CC(C(F)F)(C3)C4)c2nc1C. The molecule has 0 amide bonds. The zero-order valence-electron chi connectivity index (χ0n) is 19.5. The minimum absolute atomic E-state index is 0.0407. The van der Waals surface area contributed by atoms with Crippen molar-refractivity contribution in [3.63, 3.8) is 0 Å². The van der Waals surface area contributed by atoms with Crippen LogP contribution in [0.5, 0.6) is 0 Å². The zero-order chi connectivity index (χ0) is 23.8. The molecule has 2 bridgehead atoms. The van der Waals surface area contributed by atoms with Gasteiger partial charge in [-0.25, -0.2) is 28.7 Å². The zero-order valence-corrected chi connectivity index (χ0v) is 19.5. The molecule has 0 unspecified atom stereocenters. The number of hydrogen-bond donors (Lipinski definition) is 0. The first-order valence-corrected chi connectivity index (χ1v) is 11.8. The third-order valence-electron chi connectivity index (χ3n) is 8.13. The first kappa shape index (κ1) is 21.7. The van der Waals surface area contributed by atoms with E-state index in [9.17, 15) is 13.6 Å². The van der Waals surface area contributed by atoms with E-state index >= 15 is 0 Å². The summed E-state index contributed by atoms with van der Waals surface area (Å²) in [6.45, 7) is 4.35. The van der Waals surface area contributed by atoms with Crippen molar-refractivity contribution >= 4 is 11.2 Å². The van der Waals surface area contributed by atoms with E-state index in [1.165, 1.54) is 0 Å². The number of aryl methyl sites for hydroxylation is 3. The topological polar surface area (TPSA) is 82.8 Å². The van der Waals surface area contributed by atoms with Crippen LogP contribution in [0.1, 0.15) is 72.6 Å². The summed E-state index contributed by atoms with van der Waals surface area (Å²) in [6, 6.07) is 3.36. The summed E-state index contributed by atoms with van der Waals surface area (Å²) in [5.74, 6) is 0.730. The summed E-state index contributed by atoms with van der Waals surface area (Å²) < 4.78 is 34.7. The van der Waals surface area contributed by atoms with Crippen molar-refractivity contribution in [1.29, 1.82) is 0 Å². The highest BCUT2D eigenvalue weighted by Gasteiger charge is 2.73. The molecule has 4 aliphatic rings. The molecule has 0 N–H and O–H groups in total. The number of ether oxygens (including phenoxy) is 1. The second-order valence-corrected chi connectivity index (χ2v) is 10.5. The van der Waals surface area contributed by atoms with E-state index in [4.69, 9.17) is 24.7 Å². The summed E-state index contributed by atoms with van der Waals surface area (Å²) in [4.78, 5) is 31.1. The van der Waals surface area contributed by atoms with E-state index < -0.39 is 11.8 Å². The lowest BCUT2D eigenvalue weighted by atomic mass is 9.34. The molecule has 0 radical (unpaired) electrons. The summed E-state index contributed by atoms with van der Waals surface area (Å²) in [5.41, 5.74) is 3.28. The van der Waals surface area contributed by atoms with Gasteiger partial charge in [-0.1, -0.05) is 0 Å². The molecule has 2 atom stereocenters. The summed E-state index contributed by atoms with van der Waals surface area (Å²) in [7, 11) is 1.73. The number of fused-ring (bicyclic) bond motifs is 1. The fraction of sp³-hybridized carbons (Fsp3) is 0.560. The number of nitrogens with zero attached hydrogens (tertiary/aromatic N) is 5. The van der Waals surface area contributed by atoms with Gasteiger partial charge in [0.05, 0.1) is 23.2 Å². The van der Waals surface area contributed by atoms with Crippen molar-refractivity contribution in [1.82, 2.24) is 24.5 Å². The Morgan fingerprint density at radius 2 is 1.82 bits per heavy atom. The van der Waals surface area contributed by atoms with Crippen LogP contribution in [0.4, 0.5) is 8.78 Å². The molecule has 4 heterocycles. The van der Waals surface area contributed by atoms with Crippen molar-refractivity contribution in [3.8, 4) is 0 Å². The first-order valence-electron chi connectivity index (χ1n) is 11.8. The number of hydrogen-bond acceptors (Lipinski definition) is 6. The average molecular weight is 468 g/mol. The molecule has 0 spiro atoms. The van der Waals surface area contributed by atoms with E-state index in [0.717, 1.165) is 29.1 Å². The maximum absolute atomic E-state index is 13.6. The minimum Gasteiger partial charge on any atom is -0.373 e. The molecule has 0 aromatic carbocycles. The molecule has 9 heteroatoms. The molecule has 3 aromatic rings. The first-order chi connectivity index (χ1) is 16.2. The van der Waals surface area contributed by atoms with Gasteiger partial charge in [-0.05, 0) is 57.6 Å². The third-order valence-corrected chi connectivity index (χ3v) is 8.13. The maximum atomic E-state index is 13.6. The van der Waals surface area contributed by atoms with Crippen LogP contribution in [0, 0.1) is 19.3 Å². The Balaban J connectivity index is 1.38. The number of halogens is 2. The maximum Gasteiger partial charge on any atom is 0.250 e. The lowest BCUT2D eigenvalue weighted by Gasteiger charge is -2.69. The van der Waals surface area contributed by atoms with Crippen molar-refractivity contribution in [3.05, 3.63) is 57.2 Å². The Labute approximate surface area is 195 Å². The van der Waals surface area contributed by atoms with Gasteiger partial charge in [0, 0.05) is 42.7 Å². The Kier molecular flexibility index (Phi) is 4.69. The van der Waals surface area contributed by atoms with E-state index in [2.05, 4.69) is 0 Å². The summed E-state index contributed by atoms with van der Waals surface area (Å²) in [5, 5.41) is 0. The largest absolute Gasteiger partial charge is 0.373 e. The lowest BCUT2D eigenvalue weighted by Crippen LogP contribution is -2.68. The number of alkyl halides is 2. The Hall–Kier alpha value is -2.81. The quantitative estimate of drug-likeness (QED) is 0.576. The smallest absolute Gasteiger partial charge is 0.250 e. The number of pyridine rings is 1. The highest BCUT2D eigenvalue weighted by Crippen LogP contribution is 2.75. The normalized spacial score (nSPS) is 30.3. The molecule has 7 rings (SSSR count). The fourth-order valence-electron chi connectivity index (χ4n) is 6.10. The van der Waals surface area contributed by atoms with Crippen molar-refractivity contribution in [2.75, 3.05) is 6.61 Å². The molecule has 1 saturated heterocycles. The van der Waals surface area contributed by atoms with Gasteiger partial charge in [-0.15, -0.1) is 0 Å². The predicted octanol–water partition coefficient (Wildman–Crippen LogP) is 4.06. The van der Waals surface area contributed by atoms with E-state index in [1.54, 1.807) is 17.7 Å². The monoisotopic (exact) mass is 467 g/mol. The molecule has 4 fully saturated rings. The van der Waals surface area contributed by atoms with Gasteiger partial charge in [0.2, 0.25) is 12.0 Å². The average Bonchev–Trinajstić information content (AvgIpc) is 2.74. The standard InChI is InChI=1S/C25H27F2N5O2/c1-13-14(2)29-22-19(28-13)20(24-10-25(11-24,12-24)23(26)27)30-21(31-22)15-6-7-34-17(8-15)16-4-5-18(33)32(3)9-16/h4-5,9,15,17,23H,6-8,10-12H2,1-3H3/t15-,17+,24?,25?/m0/s1.